The van der Waals surface area contributed by atoms with Crippen molar-refractivity contribution in [2.45, 2.75) is 38.2 Å². The van der Waals surface area contributed by atoms with Gasteiger partial charge in [0.1, 0.15) is 0 Å². The molecule has 1 atom stereocenters. The minimum absolute atomic E-state index is 0.160. The number of aliphatic hydroxyl groups excluding tert-OH is 1. The number of rotatable bonds is 3. The molecule has 0 spiro atoms. The number of hydrogen-bond donors (Lipinski definition) is 1. The van der Waals surface area contributed by atoms with Crippen molar-refractivity contribution in [3.05, 3.63) is 41.9 Å². The summed E-state index contributed by atoms with van der Waals surface area (Å²) in [5.41, 5.74) is 0.842. The van der Waals surface area contributed by atoms with E-state index in [9.17, 15) is 14.7 Å². The van der Waals surface area contributed by atoms with Gasteiger partial charge in [-0.15, -0.1) is 0 Å². The van der Waals surface area contributed by atoms with Gasteiger partial charge in [-0.3, -0.25) is 14.5 Å². The number of amides is 2. The third-order valence-electron chi connectivity index (χ3n) is 4.26. The van der Waals surface area contributed by atoms with Crippen LogP contribution in [-0.2, 0) is 0 Å². The molecule has 2 amide bonds. The second-order valence-electron chi connectivity index (χ2n) is 5.56. The molecule has 3 rings (SSSR count). The molecule has 1 radical (unpaired) electrons. The average molecular weight is 272 g/mol. The quantitative estimate of drug-likeness (QED) is 0.859. The second-order valence-corrected chi connectivity index (χ2v) is 5.56. The van der Waals surface area contributed by atoms with Gasteiger partial charge in [0.25, 0.3) is 11.8 Å². The van der Waals surface area contributed by atoms with E-state index in [0.717, 1.165) is 30.6 Å². The molecule has 1 aliphatic heterocycles. The first-order chi connectivity index (χ1) is 9.68. The lowest BCUT2D eigenvalue weighted by Gasteiger charge is -2.28. The van der Waals surface area contributed by atoms with E-state index in [1.165, 1.54) is 13.0 Å². The average Bonchev–Trinajstić information content (AvgIpc) is 2.74. The molecule has 1 heterocycles. The van der Waals surface area contributed by atoms with Crippen LogP contribution in [0.1, 0.15) is 52.8 Å². The number of imide groups is 1. The van der Waals surface area contributed by atoms with Crippen molar-refractivity contribution in [3.8, 4) is 0 Å². The molecular weight excluding hydrogens is 254 g/mol. The second kappa shape index (κ2) is 5.37. The third-order valence-corrected chi connectivity index (χ3v) is 4.26. The van der Waals surface area contributed by atoms with Crippen molar-refractivity contribution in [3.63, 3.8) is 0 Å². The molecule has 0 bridgehead atoms. The van der Waals surface area contributed by atoms with Crippen molar-refractivity contribution in [2.75, 3.05) is 0 Å². The molecule has 1 fully saturated rings. The Bertz CT molecular complexity index is 499. The Labute approximate surface area is 118 Å². The zero-order valence-corrected chi connectivity index (χ0v) is 11.3. The van der Waals surface area contributed by atoms with Crippen molar-refractivity contribution in [1.82, 2.24) is 4.90 Å². The van der Waals surface area contributed by atoms with Crippen LogP contribution in [0.2, 0.25) is 0 Å². The number of nitrogens with zero attached hydrogens (tertiary/aromatic N) is 1. The van der Waals surface area contributed by atoms with Crippen LogP contribution >= 0.6 is 0 Å². The monoisotopic (exact) mass is 272 g/mol. The lowest BCUT2D eigenvalue weighted by Crippen LogP contribution is -2.36. The van der Waals surface area contributed by atoms with Crippen molar-refractivity contribution in [1.29, 1.82) is 0 Å². The highest BCUT2D eigenvalue weighted by molar-refractivity contribution is 6.21. The SMILES string of the molecule is O=C1c2ccccc2C(=O)N1[CH][C@H](O)C1CCCCC1. The summed E-state index contributed by atoms with van der Waals surface area (Å²) in [7, 11) is 0. The van der Waals surface area contributed by atoms with Crippen molar-refractivity contribution < 1.29 is 14.7 Å². The molecule has 0 aromatic heterocycles. The first-order valence-corrected chi connectivity index (χ1v) is 7.18. The van der Waals surface area contributed by atoms with Gasteiger partial charge < -0.3 is 5.11 Å². The van der Waals surface area contributed by atoms with Gasteiger partial charge in [-0.1, -0.05) is 31.4 Å². The molecule has 2 aliphatic rings. The van der Waals surface area contributed by atoms with E-state index < -0.39 is 6.10 Å². The molecule has 1 saturated carbocycles. The minimum atomic E-state index is -0.725. The van der Waals surface area contributed by atoms with Crippen LogP contribution in [-0.4, -0.2) is 27.9 Å². The Morgan fingerprint density at radius 1 is 1.05 bits per heavy atom. The molecular formula is C16H18NO3. The summed E-state index contributed by atoms with van der Waals surface area (Å²) < 4.78 is 0. The molecule has 1 aliphatic carbocycles. The fraction of sp³-hybridized carbons (Fsp3) is 0.438. The maximum atomic E-state index is 12.2. The van der Waals surface area contributed by atoms with Gasteiger partial charge in [-0.2, -0.15) is 0 Å². The number of aliphatic hydroxyl groups is 1. The van der Waals surface area contributed by atoms with Crippen LogP contribution in [0.3, 0.4) is 0 Å². The van der Waals surface area contributed by atoms with E-state index >= 15 is 0 Å². The van der Waals surface area contributed by atoms with E-state index in [1.807, 2.05) is 0 Å². The minimum Gasteiger partial charge on any atom is -0.391 e. The van der Waals surface area contributed by atoms with Crippen molar-refractivity contribution in [2.24, 2.45) is 5.92 Å². The van der Waals surface area contributed by atoms with Crippen LogP contribution in [0.5, 0.6) is 0 Å². The Morgan fingerprint density at radius 3 is 2.15 bits per heavy atom. The first-order valence-electron chi connectivity index (χ1n) is 7.18. The predicted molar refractivity (Wildman–Crippen MR) is 73.8 cm³/mol. The topological polar surface area (TPSA) is 57.6 Å². The van der Waals surface area contributed by atoms with Gasteiger partial charge in [0.05, 0.1) is 23.8 Å². The van der Waals surface area contributed by atoms with Gasteiger partial charge in [0.2, 0.25) is 0 Å². The summed E-state index contributed by atoms with van der Waals surface area (Å²) in [4.78, 5) is 25.4. The maximum Gasteiger partial charge on any atom is 0.261 e. The normalized spacial score (nSPS) is 21.1. The maximum absolute atomic E-state index is 12.2. The number of carbonyl (C=O) groups excluding carboxylic acids is 2. The standard InChI is InChI=1S/C16H18NO3/c18-14(11-6-2-1-3-7-11)10-17-15(19)12-8-4-5-9-13(12)16(17)20/h4-5,8-11,14,18H,1-3,6-7H2/t14-/m0/s1. The molecule has 0 saturated heterocycles. The summed E-state index contributed by atoms with van der Waals surface area (Å²) in [5.74, 6) is -0.506. The fourth-order valence-electron chi connectivity index (χ4n) is 3.09. The Hall–Kier alpha value is -1.68. The molecule has 4 nitrogen and oxygen atoms in total. The zero-order chi connectivity index (χ0) is 14.1. The van der Waals surface area contributed by atoms with Crippen LogP contribution in [0.4, 0.5) is 0 Å². The molecule has 1 N–H and O–H groups in total. The highest BCUT2D eigenvalue weighted by Gasteiger charge is 2.37. The highest BCUT2D eigenvalue weighted by Crippen LogP contribution is 2.30. The molecule has 0 unspecified atom stereocenters. The summed E-state index contributed by atoms with van der Waals surface area (Å²) in [5, 5.41) is 10.2. The van der Waals surface area contributed by atoms with E-state index in [4.69, 9.17) is 0 Å². The van der Waals surface area contributed by atoms with E-state index in [2.05, 4.69) is 0 Å². The van der Waals surface area contributed by atoms with E-state index in [0.29, 0.717) is 11.1 Å². The molecule has 4 heteroatoms. The van der Waals surface area contributed by atoms with Gasteiger partial charge >= 0.3 is 0 Å². The Morgan fingerprint density at radius 2 is 1.60 bits per heavy atom. The summed E-state index contributed by atoms with van der Waals surface area (Å²) in [6, 6.07) is 6.78. The molecule has 105 valence electrons. The molecule has 1 aromatic carbocycles. The first kappa shape index (κ1) is 13.3. The number of fused-ring (bicyclic) bond motifs is 1. The predicted octanol–water partition coefficient (Wildman–Crippen LogP) is 2.39. The Kier molecular flexibility index (Phi) is 3.57. The summed E-state index contributed by atoms with van der Waals surface area (Å²) >= 11 is 0. The van der Waals surface area contributed by atoms with Gasteiger partial charge in [-0.25, -0.2) is 0 Å². The third kappa shape index (κ3) is 2.24. The number of carbonyl (C=O) groups is 2. The van der Waals surface area contributed by atoms with Crippen molar-refractivity contribution >= 4 is 11.8 Å². The number of benzene rings is 1. The van der Waals surface area contributed by atoms with Gasteiger partial charge in [-0.05, 0) is 30.9 Å². The van der Waals surface area contributed by atoms with Gasteiger partial charge in [0, 0.05) is 0 Å². The summed E-state index contributed by atoms with van der Waals surface area (Å²) in [6.45, 7) is 1.40. The van der Waals surface area contributed by atoms with Gasteiger partial charge in [0.15, 0.2) is 0 Å². The largest absolute Gasteiger partial charge is 0.391 e. The van der Waals surface area contributed by atoms with E-state index in [-0.39, 0.29) is 17.7 Å². The fourth-order valence-corrected chi connectivity index (χ4v) is 3.09. The smallest absolute Gasteiger partial charge is 0.261 e. The Balaban J connectivity index is 1.73. The molecule has 1 aromatic rings. The van der Waals surface area contributed by atoms with Crippen LogP contribution in [0, 0.1) is 12.5 Å². The zero-order valence-electron chi connectivity index (χ0n) is 11.3. The highest BCUT2D eigenvalue weighted by atomic mass is 16.3. The summed E-state index contributed by atoms with van der Waals surface area (Å²) in [6.07, 6.45) is 4.62. The van der Waals surface area contributed by atoms with Crippen LogP contribution in [0.25, 0.3) is 0 Å². The molecule has 20 heavy (non-hydrogen) atoms. The lowest BCUT2D eigenvalue weighted by molar-refractivity contribution is 0.0531. The van der Waals surface area contributed by atoms with Crippen LogP contribution in [0.15, 0.2) is 24.3 Å². The van der Waals surface area contributed by atoms with E-state index in [1.54, 1.807) is 24.3 Å². The van der Waals surface area contributed by atoms with Crippen LogP contribution < -0.4 is 0 Å². The number of hydrogen-bond acceptors (Lipinski definition) is 3. The lowest BCUT2D eigenvalue weighted by atomic mass is 9.85.